The fourth-order valence-electron chi connectivity index (χ4n) is 2.30. The average Bonchev–Trinajstić information content (AvgIpc) is 2.44. The van der Waals surface area contributed by atoms with E-state index in [0.717, 1.165) is 17.1 Å². The molecule has 0 aliphatic rings. The molecule has 1 aromatic heterocycles. The molecule has 0 aliphatic carbocycles. The molecule has 2 aromatic rings. The summed E-state index contributed by atoms with van der Waals surface area (Å²) in [4.78, 5) is 4.31. The van der Waals surface area contributed by atoms with Crippen LogP contribution >= 0.6 is 0 Å². The van der Waals surface area contributed by atoms with Gasteiger partial charge in [-0.1, -0.05) is 39.0 Å². The molecule has 0 bridgehead atoms. The Labute approximate surface area is 127 Å². The summed E-state index contributed by atoms with van der Waals surface area (Å²) in [6, 6.07) is 10.4. The third kappa shape index (κ3) is 3.75. The second kappa shape index (κ2) is 6.17. The quantitative estimate of drug-likeness (QED) is 0.908. The van der Waals surface area contributed by atoms with Crippen molar-refractivity contribution in [2.24, 2.45) is 0 Å². The molecule has 0 unspecified atom stereocenters. The lowest BCUT2D eigenvalue weighted by molar-refractivity contribution is 0.297. The highest BCUT2D eigenvalue weighted by Gasteiger charge is 2.19. The summed E-state index contributed by atoms with van der Waals surface area (Å²) >= 11 is 0. The van der Waals surface area contributed by atoms with Crippen LogP contribution in [0.15, 0.2) is 36.5 Å². The number of nitrogens with zero attached hydrogens (tertiary/aromatic N) is 1. The fraction of sp³-hybridized carbons (Fsp3) is 0.389. The minimum absolute atomic E-state index is 0.0593. The van der Waals surface area contributed by atoms with Gasteiger partial charge in [-0.2, -0.15) is 0 Å². The van der Waals surface area contributed by atoms with Crippen LogP contribution in [0.25, 0.3) is 0 Å². The van der Waals surface area contributed by atoms with Crippen LogP contribution in [-0.2, 0) is 12.0 Å². The molecule has 21 heavy (non-hydrogen) atoms. The summed E-state index contributed by atoms with van der Waals surface area (Å²) in [5.41, 5.74) is 3.55. The maximum atomic E-state index is 6.09. The van der Waals surface area contributed by atoms with Gasteiger partial charge >= 0.3 is 0 Å². The zero-order chi connectivity index (χ0) is 15.5. The molecule has 1 heterocycles. The second-order valence-electron chi connectivity index (χ2n) is 6.30. The van der Waals surface area contributed by atoms with Gasteiger partial charge in [0.25, 0.3) is 0 Å². The van der Waals surface area contributed by atoms with E-state index in [1.54, 1.807) is 6.20 Å². The molecule has 1 N–H and O–H groups in total. The predicted octanol–water partition coefficient (Wildman–Crippen LogP) is 4.31. The number of ether oxygens (including phenoxy) is 1. The normalized spacial score (nSPS) is 11.3. The number of nitrogens with one attached hydrogen (secondary N) is 1. The smallest absolute Gasteiger partial charge is 0.132 e. The first-order chi connectivity index (χ1) is 9.91. The van der Waals surface area contributed by atoms with Crippen molar-refractivity contribution in [2.75, 3.05) is 12.4 Å². The first kappa shape index (κ1) is 15.4. The van der Waals surface area contributed by atoms with Crippen LogP contribution in [0.3, 0.4) is 0 Å². The van der Waals surface area contributed by atoms with Gasteiger partial charge in [0.2, 0.25) is 0 Å². The molecular formula is C18H24N2O. The van der Waals surface area contributed by atoms with E-state index >= 15 is 0 Å². The van der Waals surface area contributed by atoms with Crippen molar-refractivity contribution in [3.05, 3.63) is 53.2 Å². The average molecular weight is 284 g/mol. The Morgan fingerprint density at radius 3 is 2.62 bits per heavy atom. The molecular weight excluding hydrogens is 260 g/mol. The topological polar surface area (TPSA) is 34.2 Å². The summed E-state index contributed by atoms with van der Waals surface area (Å²) in [6.07, 6.45) is 1.78. The van der Waals surface area contributed by atoms with E-state index in [1.807, 2.05) is 19.2 Å². The lowest BCUT2D eigenvalue weighted by Crippen LogP contribution is -2.14. The van der Waals surface area contributed by atoms with Gasteiger partial charge in [0.1, 0.15) is 18.2 Å². The Balaban J connectivity index is 2.25. The molecule has 3 heteroatoms. The van der Waals surface area contributed by atoms with Gasteiger partial charge in [-0.15, -0.1) is 0 Å². The summed E-state index contributed by atoms with van der Waals surface area (Å²) in [5, 5.41) is 3.10. The molecule has 112 valence electrons. The zero-order valence-corrected chi connectivity index (χ0v) is 13.5. The number of aromatic nitrogens is 1. The lowest BCUT2D eigenvalue weighted by Gasteiger charge is -2.23. The number of rotatable bonds is 4. The van der Waals surface area contributed by atoms with E-state index < -0.39 is 0 Å². The first-order valence-electron chi connectivity index (χ1n) is 7.27. The van der Waals surface area contributed by atoms with Crippen LogP contribution in [0.4, 0.5) is 5.82 Å². The molecule has 0 saturated heterocycles. The molecule has 0 fully saturated rings. The van der Waals surface area contributed by atoms with E-state index in [1.165, 1.54) is 11.1 Å². The van der Waals surface area contributed by atoms with Gasteiger partial charge in [-0.3, -0.25) is 0 Å². The highest BCUT2D eigenvalue weighted by molar-refractivity contribution is 5.44. The maximum absolute atomic E-state index is 6.09. The molecule has 1 aromatic carbocycles. The van der Waals surface area contributed by atoms with E-state index in [4.69, 9.17) is 4.74 Å². The predicted molar refractivity (Wildman–Crippen MR) is 88.0 cm³/mol. The minimum atomic E-state index is 0.0593. The largest absolute Gasteiger partial charge is 0.488 e. The summed E-state index contributed by atoms with van der Waals surface area (Å²) < 4.78 is 6.09. The number of hydrogen-bond acceptors (Lipinski definition) is 3. The number of aryl methyl sites for hydroxylation is 1. The summed E-state index contributed by atoms with van der Waals surface area (Å²) in [5.74, 6) is 1.82. The Bertz CT molecular complexity index is 615. The Morgan fingerprint density at radius 1 is 1.19 bits per heavy atom. The van der Waals surface area contributed by atoms with Crippen LogP contribution in [0.1, 0.15) is 37.5 Å². The highest BCUT2D eigenvalue weighted by atomic mass is 16.5. The number of hydrogen-bond donors (Lipinski definition) is 1. The Hall–Kier alpha value is -2.03. The second-order valence-corrected chi connectivity index (χ2v) is 6.30. The summed E-state index contributed by atoms with van der Waals surface area (Å²) in [6.45, 7) is 9.20. The van der Waals surface area contributed by atoms with Crippen molar-refractivity contribution in [1.82, 2.24) is 4.98 Å². The van der Waals surface area contributed by atoms with Gasteiger partial charge in [0.05, 0.1) is 0 Å². The van der Waals surface area contributed by atoms with Crippen LogP contribution < -0.4 is 10.1 Å². The Morgan fingerprint density at radius 2 is 1.95 bits per heavy atom. The van der Waals surface area contributed by atoms with E-state index in [0.29, 0.717) is 6.61 Å². The number of pyridine rings is 1. The first-order valence-corrected chi connectivity index (χ1v) is 7.27. The van der Waals surface area contributed by atoms with Crippen molar-refractivity contribution in [3.63, 3.8) is 0 Å². The van der Waals surface area contributed by atoms with E-state index in [-0.39, 0.29) is 5.41 Å². The monoisotopic (exact) mass is 284 g/mol. The molecule has 0 amide bonds. The van der Waals surface area contributed by atoms with Crippen LogP contribution in [0.2, 0.25) is 0 Å². The number of anilines is 1. The molecule has 3 nitrogen and oxygen atoms in total. The highest BCUT2D eigenvalue weighted by Crippen LogP contribution is 2.32. The van der Waals surface area contributed by atoms with Crippen molar-refractivity contribution in [1.29, 1.82) is 0 Å². The third-order valence-corrected chi connectivity index (χ3v) is 3.46. The molecule has 0 radical (unpaired) electrons. The van der Waals surface area contributed by atoms with Gasteiger partial charge in [0, 0.05) is 18.8 Å². The van der Waals surface area contributed by atoms with Gasteiger partial charge in [-0.25, -0.2) is 4.98 Å². The molecule has 0 atom stereocenters. The SMILES string of the molecule is CNc1ncccc1COc1cc(C)ccc1C(C)(C)C. The van der Waals surface area contributed by atoms with Crippen LogP contribution in [0, 0.1) is 6.92 Å². The fourth-order valence-corrected chi connectivity index (χ4v) is 2.30. The van der Waals surface area contributed by atoms with Gasteiger partial charge in [-0.05, 0) is 35.6 Å². The molecule has 0 saturated carbocycles. The van der Waals surface area contributed by atoms with Crippen LogP contribution in [-0.4, -0.2) is 12.0 Å². The molecule has 0 spiro atoms. The molecule has 0 aliphatic heterocycles. The van der Waals surface area contributed by atoms with Crippen LogP contribution in [0.5, 0.6) is 5.75 Å². The van der Waals surface area contributed by atoms with Crippen molar-refractivity contribution in [2.45, 2.75) is 39.7 Å². The van der Waals surface area contributed by atoms with Crippen molar-refractivity contribution < 1.29 is 4.74 Å². The van der Waals surface area contributed by atoms with E-state index in [9.17, 15) is 0 Å². The molecule has 2 rings (SSSR count). The Kier molecular flexibility index (Phi) is 4.51. The van der Waals surface area contributed by atoms with Crippen molar-refractivity contribution in [3.8, 4) is 5.75 Å². The van der Waals surface area contributed by atoms with Gasteiger partial charge < -0.3 is 10.1 Å². The lowest BCUT2D eigenvalue weighted by atomic mass is 9.86. The van der Waals surface area contributed by atoms with E-state index in [2.05, 4.69) is 56.2 Å². The third-order valence-electron chi connectivity index (χ3n) is 3.46. The number of benzene rings is 1. The zero-order valence-electron chi connectivity index (χ0n) is 13.5. The minimum Gasteiger partial charge on any atom is -0.488 e. The standard InChI is InChI=1S/C18H24N2O/c1-13-8-9-15(18(2,3)4)16(11-13)21-12-14-7-6-10-20-17(14)19-5/h6-11H,12H2,1-5H3,(H,19,20). The summed E-state index contributed by atoms with van der Waals surface area (Å²) in [7, 11) is 1.87. The van der Waals surface area contributed by atoms with Crippen molar-refractivity contribution >= 4 is 5.82 Å². The van der Waals surface area contributed by atoms with Gasteiger partial charge in [0.15, 0.2) is 0 Å². The maximum Gasteiger partial charge on any atom is 0.132 e.